The molecular formula is C18H14ClN3O2. The fourth-order valence-electron chi connectivity index (χ4n) is 2.19. The van der Waals surface area contributed by atoms with E-state index in [1.54, 1.807) is 55.6 Å². The van der Waals surface area contributed by atoms with Crippen molar-refractivity contribution in [3.63, 3.8) is 0 Å². The van der Waals surface area contributed by atoms with E-state index in [-0.39, 0.29) is 5.78 Å². The van der Waals surface area contributed by atoms with Crippen molar-refractivity contribution in [3.05, 3.63) is 70.5 Å². The van der Waals surface area contributed by atoms with Crippen LogP contribution in [0, 0.1) is 6.92 Å². The topological polar surface area (TPSA) is 65.0 Å². The molecule has 0 aliphatic heterocycles. The average molecular weight is 340 g/mol. The molecule has 1 aromatic carbocycles. The normalized spacial score (nSPS) is 10.5. The Morgan fingerprint density at radius 3 is 2.50 bits per heavy atom. The van der Waals surface area contributed by atoms with Crippen molar-refractivity contribution in [1.29, 1.82) is 0 Å². The molecule has 2 heterocycles. The molecule has 3 aromatic rings. The minimum Gasteiger partial charge on any atom is -0.481 e. The maximum Gasteiger partial charge on any atom is 0.216 e. The van der Waals surface area contributed by atoms with Crippen LogP contribution in [0.5, 0.6) is 5.88 Å². The molecule has 0 unspecified atom stereocenters. The van der Waals surface area contributed by atoms with Crippen molar-refractivity contribution >= 4 is 17.4 Å². The molecule has 120 valence electrons. The average Bonchev–Trinajstić information content (AvgIpc) is 2.61. The summed E-state index contributed by atoms with van der Waals surface area (Å²) < 4.78 is 5.16. The van der Waals surface area contributed by atoms with Crippen LogP contribution in [0.4, 0.5) is 0 Å². The third-order valence-electron chi connectivity index (χ3n) is 3.36. The van der Waals surface area contributed by atoms with E-state index in [0.717, 1.165) is 5.69 Å². The van der Waals surface area contributed by atoms with Gasteiger partial charge >= 0.3 is 0 Å². The van der Waals surface area contributed by atoms with Gasteiger partial charge in [0.25, 0.3) is 0 Å². The largest absolute Gasteiger partial charge is 0.481 e. The Kier molecular flexibility index (Phi) is 4.53. The zero-order valence-corrected chi connectivity index (χ0v) is 13.9. The van der Waals surface area contributed by atoms with Gasteiger partial charge in [-0.1, -0.05) is 17.7 Å². The van der Waals surface area contributed by atoms with Gasteiger partial charge in [-0.2, -0.15) is 4.98 Å². The summed E-state index contributed by atoms with van der Waals surface area (Å²) in [4.78, 5) is 25.6. The van der Waals surface area contributed by atoms with Crippen molar-refractivity contribution in [3.8, 4) is 17.4 Å². The molecule has 0 amide bonds. The second-order valence-corrected chi connectivity index (χ2v) is 5.56. The highest BCUT2D eigenvalue weighted by atomic mass is 35.5. The second kappa shape index (κ2) is 6.76. The molecule has 5 nitrogen and oxygen atoms in total. The van der Waals surface area contributed by atoms with Crippen LogP contribution in [0.3, 0.4) is 0 Å². The Balaban J connectivity index is 1.99. The van der Waals surface area contributed by atoms with E-state index in [2.05, 4.69) is 15.0 Å². The summed E-state index contributed by atoms with van der Waals surface area (Å²) >= 11 is 5.86. The van der Waals surface area contributed by atoms with Crippen LogP contribution in [0.25, 0.3) is 11.5 Å². The van der Waals surface area contributed by atoms with Crippen molar-refractivity contribution in [1.82, 2.24) is 15.0 Å². The molecule has 24 heavy (non-hydrogen) atoms. The first-order valence-electron chi connectivity index (χ1n) is 7.24. The Bertz CT molecular complexity index is 895. The molecule has 0 atom stereocenters. The number of halogens is 1. The first kappa shape index (κ1) is 16.1. The van der Waals surface area contributed by atoms with Crippen molar-refractivity contribution in [2.75, 3.05) is 7.11 Å². The van der Waals surface area contributed by atoms with Crippen LogP contribution < -0.4 is 4.74 Å². The molecular weight excluding hydrogens is 326 g/mol. The highest BCUT2D eigenvalue weighted by Gasteiger charge is 2.13. The van der Waals surface area contributed by atoms with Crippen LogP contribution in [0.2, 0.25) is 5.02 Å². The Morgan fingerprint density at radius 1 is 1.04 bits per heavy atom. The van der Waals surface area contributed by atoms with Gasteiger partial charge in [0, 0.05) is 22.3 Å². The third-order valence-corrected chi connectivity index (χ3v) is 3.61. The summed E-state index contributed by atoms with van der Waals surface area (Å²) in [6.45, 7) is 1.84. The SMILES string of the molecule is COc1cc(C)nc(-c2cccc(C(=O)c3ccc(Cl)cc3)n2)n1. The van der Waals surface area contributed by atoms with E-state index >= 15 is 0 Å². The van der Waals surface area contributed by atoms with Gasteiger partial charge in [-0.3, -0.25) is 4.79 Å². The molecule has 0 radical (unpaired) electrons. The quantitative estimate of drug-likeness (QED) is 0.677. The number of aromatic nitrogens is 3. The first-order valence-corrected chi connectivity index (χ1v) is 7.62. The zero-order chi connectivity index (χ0) is 17.1. The number of hydrogen-bond acceptors (Lipinski definition) is 5. The summed E-state index contributed by atoms with van der Waals surface area (Å²) in [7, 11) is 1.54. The molecule has 0 N–H and O–H groups in total. The molecule has 0 saturated carbocycles. The van der Waals surface area contributed by atoms with E-state index in [1.165, 1.54) is 0 Å². The van der Waals surface area contributed by atoms with Gasteiger partial charge in [0.1, 0.15) is 11.4 Å². The lowest BCUT2D eigenvalue weighted by Gasteiger charge is -2.06. The number of aryl methyl sites for hydroxylation is 1. The number of pyridine rings is 1. The Labute approximate surface area is 144 Å². The van der Waals surface area contributed by atoms with Crippen LogP contribution in [-0.2, 0) is 0 Å². The van der Waals surface area contributed by atoms with E-state index in [0.29, 0.717) is 33.7 Å². The lowest BCUT2D eigenvalue weighted by atomic mass is 10.1. The maximum absolute atomic E-state index is 12.6. The molecule has 0 bridgehead atoms. The van der Waals surface area contributed by atoms with E-state index in [9.17, 15) is 4.79 Å². The monoisotopic (exact) mass is 339 g/mol. The number of methoxy groups -OCH3 is 1. The van der Waals surface area contributed by atoms with Crippen LogP contribution >= 0.6 is 11.6 Å². The van der Waals surface area contributed by atoms with Crippen LogP contribution in [0.15, 0.2) is 48.5 Å². The first-order chi connectivity index (χ1) is 11.6. The van der Waals surface area contributed by atoms with Gasteiger partial charge in [0.05, 0.1) is 7.11 Å². The zero-order valence-electron chi connectivity index (χ0n) is 13.2. The van der Waals surface area contributed by atoms with Gasteiger partial charge in [0.2, 0.25) is 11.7 Å². The van der Waals surface area contributed by atoms with Crippen molar-refractivity contribution < 1.29 is 9.53 Å². The number of ketones is 1. The molecule has 0 fully saturated rings. The maximum atomic E-state index is 12.6. The molecule has 3 rings (SSSR count). The highest BCUT2D eigenvalue weighted by Crippen LogP contribution is 2.19. The van der Waals surface area contributed by atoms with Gasteiger partial charge in [-0.25, -0.2) is 9.97 Å². The Morgan fingerprint density at radius 2 is 1.79 bits per heavy atom. The Hall–Kier alpha value is -2.79. The lowest BCUT2D eigenvalue weighted by molar-refractivity contribution is 0.103. The van der Waals surface area contributed by atoms with Gasteiger partial charge in [-0.15, -0.1) is 0 Å². The highest BCUT2D eigenvalue weighted by molar-refractivity contribution is 6.30. The number of benzene rings is 1. The summed E-state index contributed by atoms with van der Waals surface area (Å²) in [5.74, 6) is 0.680. The van der Waals surface area contributed by atoms with Crippen molar-refractivity contribution in [2.24, 2.45) is 0 Å². The summed E-state index contributed by atoms with van der Waals surface area (Å²) in [6.07, 6.45) is 0. The summed E-state index contributed by atoms with van der Waals surface area (Å²) in [5.41, 5.74) is 2.11. The third kappa shape index (κ3) is 3.41. The standard InChI is InChI=1S/C18H14ClN3O2/c1-11-10-16(24-2)22-18(20-11)15-5-3-4-14(21-15)17(23)12-6-8-13(19)9-7-12/h3-10H,1-2H3. The molecule has 2 aromatic heterocycles. The van der Waals surface area contributed by atoms with Crippen LogP contribution in [0.1, 0.15) is 21.7 Å². The molecule has 0 saturated heterocycles. The molecule has 0 aliphatic rings. The number of nitrogens with zero attached hydrogens (tertiary/aromatic N) is 3. The van der Waals surface area contributed by atoms with E-state index < -0.39 is 0 Å². The smallest absolute Gasteiger partial charge is 0.216 e. The minimum absolute atomic E-state index is 0.187. The molecule has 0 aliphatic carbocycles. The van der Waals surface area contributed by atoms with E-state index in [4.69, 9.17) is 16.3 Å². The second-order valence-electron chi connectivity index (χ2n) is 5.12. The van der Waals surface area contributed by atoms with Gasteiger partial charge in [0.15, 0.2) is 5.82 Å². The molecule has 0 spiro atoms. The number of carbonyl (C=O) groups is 1. The number of carbonyl (C=O) groups excluding carboxylic acids is 1. The predicted octanol–water partition coefficient (Wildman–Crippen LogP) is 3.74. The van der Waals surface area contributed by atoms with E-state index in [1.807, 2.05) is 6.92 Å². The summed E-state index contributed by atoms with van der Waals surface area (Å²) in [5, 5.41) is 0.577. The van der Waals surface area contributed by atoms with Gasteiger partial charge in [-0.05, 0) is 43.3 Å². The summed E-state index contributed by atoms with van der Waals surface area (Å²) in [6, 6.07) is 13.6. The molecule has 6 heteroatoms. The van der Waals surface area contributed by atoms with Gasteiger partial charge < -0.3 is 4.74 Å². The van der Waals surface area contributed by atoms with Crippen molar-refractivity contribution in [2.45, 2.75) is 6.92 Å². The number of ether oxygens (including phenoxy) is 1. The fraction of sp³-hybridized carbons (Fsp3) is 0.111. The lowest BCUT2D eigenvalue weighted by Crippen LogP contribution is -2.05. The fourth-order valence-corrected chi connectivity index (χ4v) is 2.32. The predicted molar refractivity (Wildman–Crippen MR) is 91.4 cm³/mol. The minimum atomic E-state index is -0.187. The van der Waals surface area contributed by atoms with Crippen LogP contribution in [-0.4, -0.2) is 27.8 Å². The number of rotatable bonds is 4. The number of hydrogen-bond donors (Lipinski definition) is 0.